The van der Waals surface area contributed by atoms with Crippen LogP contribution in [0, 0.1) is 12.7 Å². The van der Waals surface area contributed by atoms with Crippen LogP contribution in [0.2, 0.25) is 0 Å². The molecule has 0 fully saturated rings. The SMILES string of the molecule is Cc1cccc(C(=O)Nc2nnc(-c3ccccc3F)o2)c1. The highest BCUT2D eigenvalue weighted by Crippen LogP contribution is 2.22. The molecule has 0 aliphatic rings. The van der Waals surface area contributed by atoms with E-state index in [0.717, 1.165) is 5.56 Å². The van der Waals surface area contributed by atoms with E-state index < -0.39 is 5.82 Å². The number of hydrogen-bond donors (Lipinski definition) is 1. The number of halogens is 1. The monoisotopic (exact) mass is 297 g/mol. The van der Waals surface area contributed by atoms with E-state index in [9.17, 15) is 9.18 Å². The average molecular weight is 297 g/mol. The van der Waals surface area contributed by atoms with Crippen LogP contribution < -0.4 is 5.32 Å². The lowest BCUT2D eigenvalue weighted by atomic mass is 10.1. The summed E-state index contributed by atoms with van der Waals surface area (Å²) in [6.07, 6.45) is 0. The molecular formula is C16H12FN3O2. The third kappa shape index (κ3) is 2.85. The highest BCUT2D eigenvalue weighted by molar-refractivity contribution is 6.03. The number of aromatic nitrogens is 2. The summed E-state index contributed by atoms with van der Waals surface area (Å²) >= 11 is 0. The summed E-state index contributed by atoms with van der Waals surface area (Å²) in [6, 6.07) is 13.1. The van der Waals surface area contributed by atoms with Crippen molar-refractivity contribution >= 4 is 11.9 Å². The molecule has 3 aromatic rings. The summed E-state index contributed by atoms with van der Waals surface area (Å²) in [4.78, 5) is 12.1. The number of nitrogens with one attached hydrogen (secondary N) is 1. The standard InChI is InChI=1S/C16H12FN3O2/c1-10-5-4-6-11(9-10)14(21)18-16-20-19-15(22-16)12-7-2-3-8-13(12)17/h2-9H,1H3,(H,18,20,21). The summed E-state index contributed by atoms with van der Waals surface area (Å²) in [5.74, 6) is -0.826. The van der Waals surface area contributed by atoms with Gasteiger partial charge in [0.2, 0.25) is 0 Å². The van der Waals surface area contributed by atoms with Gasteiger partial charge in [-0.3, -0.25) is 10.1 Å². The normalized spacial score (nSPS) is 10.5. The zero-order chi connectivity index (χ0) is 15.5. The molecule has 1 heterocycles. The minimum Gasteiger partial charge on any atom is -0.403 e. The van der Waals surface area contributed by atoms with Gasteiger partial charge in [0.05, 0.1) is 5.56 Å². The molecule has 1 N–H and O–H groups in total. The average Bonchev–Trinajstić information content (AvgIpc) is 2.96. The predicted molar refractivity (Wildman–Crippen MR) is 78.8 cm³/mol. The maximum Gasteiger partial charge on any atom is 0.322 e. The van der Waals surface area contributed by atoms with Crippen molar-refractivity contribution in [3.05, 3.63) is 65.5 Å². The summed E-state index contributed by atoms with van der Waals surface area (Å²) in [5, 5.41) is 9.94. The van der Waals surface area contributed by atoms with Gasteiger partial charge in [-0.1, -0.05) is 34.9 Å². The first-order valence-corrected chi connectivity index (χ1v) is 6.60. The molecule has 0 saturated carbocycles. The highest BCUT2D eigenvalue weighted by Gasteiger charge is 2.14. The van der Waals surface area contributed by atoms with E-state index in [1.54, 1.807) is 30.3 Å². The second-order valence-electron chi connectivity index (χ2n) is 4.72. The Bertz CT molecular complexity index is 830. The fourth-order valence-corrected chi connectivity index (χ4v) is 1.97. The molecule has 22 heavy (non-hydrogen) atoms. The Morgan fingerprint density at radius 2 is 1.95 bits per heavy atom. The molecule has 0 unspecified atom stereocenters. The van der Waals surface area contributed by atoms with E-state index in [0.29, 0.717) is 5.56 Å². The maximum atomic E-state index is 13.6. The van der Waals surface area contributed by atoms with Crippen LogP contribution in [-0.2, 0) is 0 Å². The van der Waals surface area contributed by atoms with Crippen LogP contribution in [0.3, 0.4) is 0 Å². The van der Waals surface area contributed by atoms with Crippen molar-refractivity contribution in [3.63, 3.8) is 0 Å². The molecule has 0 spiro atoms. The molecule has 1 amide bonds. The maximum absolute atomic E-state index is 13.6. The summed E-state index contributed by atoms with van der Waals surface area (Å²) in [6.45, 7) is 1.89. The number of carbonyl (C=O) groups is 1. The zero-order valence-electron chi connectivity index (χ0n) is 11.7. The Balaban J connectivity index is 1.80. The van der Waals surface area contributed by atoms with Crippen molar-refractivity contribution < 1.29 is 13.6 Å². The van der Waals surface area contributed by atoms with Crippen molar-refractivity contribution in [3.8, 4) is 11.5 Å². The van der Waals surface area contributed by atoms with Crippen molar-refractivity contribution in [2.45, 2.75) is 6.92 Å². The van der Waals surface area contributed by atoms with E-state index in [2.05, 4.69) is 15.5 Å². The molecule has 0 atom stereocenters. The van der Waals surface area contributed by atoms with E-state index in [4.69, 9.17) is 4.42 Å². The fraction of sp³-hybridized carbons (Fsp3) is 0.0625. The van der Waals surface area contributed by atoms with Gasteiger partial charge in [-0.25, -0.2) is 4.39 Å². The quantitative estimate of drug-likeness (QED) is 0.804. The number of carbonyl (C=O) groups excluding carboxylic acids is 1. The van der Waals surface area contributed by atoms with Crippen molar-refractivity contribution in [2.75, 3.05) is 5.32 Å². The van der Waals surface area contributed by atoms with Crippen LogP contribution in [0.25, 0.3) is 11.5 Å². The van der Waals surface area contributed by atoms with Crippen LogP contribution in [-0.4, -0.2) is 16.1 Å². The molecule has 110 valence electrons. The molecular weight excluding hydrogens is 285 g/mol. The second kappa shape index (κ2) is 5.77. The number of hydrogen-bond acceptors (Lipinski definition) is 4. The third-order valence-corrected chi connectivity index (χ3v) is 3.03. The van der Waals surface area contributed by atoms with Gasteiger partial charge in [0.1, 0.15) is 5.82 Å². The van der Waals surface area contributed by atoms with Gasteiger partial charge in [-0.2, -0.15) is 0 Å². The molecule has 2 aromatic carbocycles. The van der Waals surface area contributed by atoms with E-state index >= 15 is 0 Å². The fourth-order valence-electron chi connectivity index (χ4n) is 1.97. The largest absolute Gasteiger partial charge is 0.403 e. The van der Waals surface area contributed by atoms with E-state index in [-0.39, 0.29) is 23.4 Å². The van der Waals surface area contributed by atoms with Gasteiger partial charge in [0, 0.05) is 5.56 Å². The molecule has 1 aromatic heterocycles. The smallest absolute Gasteiger partial charge is 0.322 e. The van der Waals surface area contributed by atoms with Crippen LogP contribution in [0.5, 0.6) is 0 Å². The van der Waals surface area contributed by atoms with Crippen LogP contribution in [0.15, 0.2) is 52.9 Å². The lowest BCUT2D eigenvalue weighted by Crippen LogP contribution is -2.12. The van der Waals surface area contributed by atoms with Crippen LogP contribution in [0.1, 0.15) is 15.9 Å². The Kier molecular flexibility index (Phi) is 3.65. The van der Waals surface area contributed by atoms with Crippen LogP contribution in [0.4, 0.5) is 10.4 Å². The summed E-state index contributed by atoms with van der Waals surface area (Å²) in [7, 11) is 0. The molecule has 0 aliphatic heterocycles. The van der Waals surface area contributed by atoms with Crippen molar-refractivity contribution in [1.82, 2.24) is 10.2 Å². The number of anilines is 1. The first-order chi connectivity index (χ1) is 10.6. The molecule has 0 radical (unpaired) electrons. The van der Waals surface area contributed by atoms with Gasteiger partial charge in [0.25, 0.3) is 11.8 Å². The number of amides is 1. The minimum absolute atomic E-state index is 0.0117. The van der Waals surface area contributed by atoms with Gasteiger partial charge in [-0.05, 0) is 31.2 Å². The predicted octanol–water partition coefficient (Wildman–Crippen LogP) is 3.44. The number of aryl methyl sites for hydroxylation is 1. The van der Waals surface area contributed by atoms with E-state index in [1.807, 2.05) is 13.0 Å². The molecule has 0 saturated heterocycles. The topological polar surface area (TPSA) is 68.0 Å². The van der Waals surface area contributed by atoms with Gasteiger partial charge in [0.15, 0.2) is 0 Å². The lowest BCUT2D eigenvalue weighted by Gasteiger charge is -2.01. The number of benzene rings is 2. The summed E-state index contributed by atoms with van der Waals surface area (Å²) in [5.41, 5.74) is 1.63. The molecule has 0 aliphatic carbocycles. The van der Waals surface area contributed by atoms with Crippen molar-refractivity contribution in [1.29, 1.82) is 0 Å². The highest BCUT2D eigenvalue weighted by atomic mass is 19.1. The molecule has 0 bridgehead atoms. The van der Waals surface area contributed by atoms with Gasteiger partial charge in [-0.15, -0.1) is 5.10 Å². The number of nitrogens with zero attached hydrogens (tertiary/aromatic N) is 2. The molecule has 5 nitrogen and oxygen atoms in total. The second-order valence-corrected chi connectivity index (χ2v) is 4.72. The minimum atomic E-state index is -0.470. The number of rotatable bonds is 3. The van der Waals surface area contributed by atoms with Gasteiger partial charge >= 0.3 is 6.01 Å². The zero-order valence-corrected chi connectivity index (χ0v) is 11.7. The Morgan fingerprint density at radius 3 is 2.73 bits per heavy atom. The molecule has 6 heteroatoms. The van der Waals surface area contributed by atoms with E-state index in [1.165, 1.54) is 12.1 Å². The lowest BCUT2D eigenvalue weighted by molar-refractivity contribution is 0.102. The first-order valence-electron chi connectivity index (χ1n) is 6.60. The Labute approximate surface area is 125 Å². The van der Waals surface area contributed by atoms with Crippen LogP contribution >= 0.6 is 0 Å². The van der Waals surface area contributed by atoms with Gasteiger partial charge < -0.3 is 4.42 Å². The first kappa shape index (κ1) is 13.9. The third-order valence-electron chi connectivity index (χ3n) is 3.03. The summed E-state index contributed by atoms with van der Waals surface area (Å²) < 4.78 is 18.9. The molecule has 3 rings (SSSR count). The Hall–Kier alpha value is -3.02. The van der Waals surface area contributed by atoms with Crippen molar-refractivity contribution in [2.24, 2.45) is 0 Å². The Morgan fingerprint density at radius 1 is 1.14 bits per heavy atom.